The van der Waals surface area contributed by atoms with Crippen molar-refractivity contribution in [3.05, 3.63) is 68.3 Å². The van der Waals surface area contributed by atoms with Gasteiger partial charge in [-0.1, -0.05) is 164 Å². The number of hydrogen-bond acceptors (Lipinski definition) is 0. The van der Waals surface area contributed by atoms with Gasteiger partial charge in [-0.2, -0.15) is 0 Å². The van der Waals surface area contributed by atoms with E-state index in [2.05, 4.69) is 164 Å². The molecule has 0 nitrogen and oxygen atoms in total. The van der Waals surface area contributed by atoms with Crippen molar-refractivity contribution in [1.29, 1.82) is 0 Å². The number of rotatable bonds is 4. The van der Waals surface area contributed by atoms with Crippen LogP contribution < -0.4 is 0 Å². The second-order valence-electron chi connectivity index (χ2n) is 20.8. The molecule has 43 heavy (non-hydrogen) atoms. The lowest BCUT2D eigenvalue weighted by atomic mass is 9.58. The number of hydrogen-bond donors (Lipinski definition) is 0. The Hall–Kier alpha value is -1.56. The van der Waals surface area contributed by atoms with Crippen LogP contribution in [0.3, 0.4) is 0 Å². The molecule has 0 spiro atoms. The molecular formula is C43H72. The van der Waals surface area contributed by atoms with E-state index in [1.54, 1.807) is 33.4 Å². The Balaban J connectivity index is 3.00. The van der Waals surface area contributed by atoms with Crippen LogP contribution in [0.1, 0.15) is 202 Å². The molecule has 0 heteroatoms. The summed E-state index contributed by atoms with van der Waals surface area (Å²) in [5.74, 6) is 0. The monoisotopic (exact) mass is 589 g/mol. The fourth-order valence-electron chi connectivity index (χ4n) is 7.37. The van der Waals surface area contributed by atoms with Crippen LogP contribution in [0.15, 0.2) is 18.2 Å². The van der Waals surface area contributed by atoms with E-state index >= 15 is 0 Å². The Bertz CT molecular complexity index is 1220. The van der Waals surface area contributed by atoms with Crippen molar-refractivity contribution in [3.63, 3.8) is 0 Å². The van der Waals surface area contributed by atoms with Gasteiger partial charge in [-0.25, -0.2) is 0 Å². The summed E-state index contributed by atoms with van der Waals surface area (Å²) in [6.07, 6.45) is 3.38. The van der Waals surface area contributed by atoms with Crippen LogP contribution in [-0.4, -0.2) is 0 Å². The van der Waals surface area contributed by atoms with Crippen LogP contribution in [0.5, 0.6) is 0 Å². The van der Waals surface area contributed by atoms with Crippen molar-refractivity contribution in [2.45, 2.75) is 203 Å². The molecule has 2 rings (SSSR count). The van der Waals surface area contributed by atoms with E-state index in [0.29, 0.717) is 0 Å². The van der Waals surface area contributed by atoms with Crippen molar-refractivity contribution in [2.24, 2.45) is 0 Å². The highest BCUT2D eigenvalue weighted by atomic mass is 14.5. The maximum absolute atomic E-state index is 2.50. The second kappa shape index (κ2) is 11.7. The average Bonchev–Trinajstić information content (AvgIpc) is 2.73. The van der Waals surface area contributed by atoms with Gasteiger partial charge in [0.2, 0.25) is 0 Å². The molecule has 0 heterocycles. The number of benzene rings is 2. The Labute approximate surface area is 270 Å². The standard InChI is InChI=1S/C43H72/c1-37(2,3)29-26-25-28(31(27-29)38(4,5)6)23-22-24-30-32(39(7,8)9)34(41(13,14)15)36(43(19,20)21)35(42(16,17)18)33(30)40(10,11)12/h25-27H,22-24H2,1-21H3. The Morgan fingerprint density at radius 3 is 1.02 bits per heavy atom. The van der Waals surface area contributed by atoms with Gasteiger partial charge in [0, 0.05) is 0 Å². The molecule has 0 fully saturated rings. The summed E-state index contributed by atoms with van der Waals surface area (Å²) in [7, 11) is 0. The first-order valence-corrected chi connectivity index (χ1v) is 17.2. The van der Waals surface area contributed by atoms with E-state index in [9.17, 15) is 0 Å². The van der Waals surface area contributed by atoms with E-state index < -0.39 is 0 Å². The van der Waals surface area contributed by atoms with E-state index in [1.165, 1.54) is 16.7 Å². The van der Waals surface area contributed by atoms with Crippen LogP contribution in [-0.2, 0) is 50.7 Å². The fraction of sp³-hybridized carbons (Fsp3) is 0.721. The zero-order valence-corrected chi connectivity index (χ0v) is 32.9. The summed E-state index contributed by atoms with van der Waals surface area (Å²) < 4.78 is 0. The van der Waals surface area contributed by atoms with Crippen LogP contribution >= 0.6 is 0 Å². The van der Waals surface area contributed by atoms with Crippen LogP contribution in [0.2, 0.25) is 0 Å². The van der Waals surface area contributed by atoms with Gasteiger partial charge in [0.15, 0.2) is 0 Å². The van der Waals surface area contributed by atoms with E-state index in [4.69, 9.17) is 0 Å². The third-order valence-electron chi connectivity index (χ3n) is 9.01. The van der Waals surface area contributed by atoms with Crippen molar-refractivity contribution >= 4 is 0 Å². The van der Waals surface area contributed by atoms with Crippen molar-refractivity contribution in [2.75, 3.05) is 0 Å². The minimum absolute atomic E-state index is 0.0403. The Kier molecular flexibility index (Phi) is 10.2. The lowest BCUT2D eigenvalue weighted by molar-refractivity contribution is 0.453. The van der Waals surface area contributed by atoms with Gasteiger partial charge >= 0.3 is 0 Å². The highest BCUT2D eigenvalue weighted by Crippen LogP contribution is 2.51. The maximum atomic E-state index is 2.50. The molecule has 0 aromatic heterocycles. The van der Waals surface area contributed by atoms with Crippen molar-refractivity contribution in [1.82, 2.24) is 0 Å². The molecule has 0 atom stereocenters. The zero-order chi connectivity index (χ0) is 33.9. The second-order valence-corrected chi connectivity index (χ2v) is 20.8. The average molecular weight is 589 g/mol. The predicted molar refractivity (Wildman–Crippen MR) is 196 cm³/mol. The van der Waals surface area contributed by atoms with Crippen LogP contribution in [0.25, 0.3) is 0 Å². The van der Waals surface area contributed by atoms with Gasteiger partial charge in [0.1, 0.15) is 0 Å². The molecule has 0 saturated carbocycles. The van der Waals surface area contributed by atoms with Crippen LogP contribution in [0, 0.1) is 0 Å². The van der Waals surface area contributed by atoms with E-state index in [1.807, 2.05) is 0 Å². The molecule has 0 unspecified atom stereocenters. The summed E-state index contributed by atoms with van der Waals surface area (Å²) in [4.78, 5) is 0. The Morgan fingerprint density at radius 2 is 0.721 bits per heavy atom. The largest absolute Gasteiger partial charge is 0.0585 e. The fourth-order valence-corrected chi connectivity index (χ4v) is 7.37. The number of aryl methyl sites for hydroxylation is 1. The molecule has 0 aliphatic carbocycles. The Morgan fingerprint density at radius 1 is 0.372 bits per heavy atom. The van der Waals surface area contributed by atoms with E-state index in [-0.39, 0.29) is 37.9 Å². The first kappa shape index (κ1) is 37.6. The molecule has 0 N–H and O–H groups in total. The van der Waals surface area contributed by atoms with Crippen molar-refractivity contribution < 1.29 is 0 Å². The smallest absolute Gasteiger partial charge is 0.0126 e. The quantitative estimate of drug-likeness (QED) is 0.333. The predicted octanol–water partition coefficient (Wildman–Crippen LogP) is 12.9. The topological polar surface area (TPSA) is 0 Å². The molecule has 0 saturated heterocycles. The molecule has 2 aromatic carbocycles. The summed E-state index contributed by atoms with van der Waals surface area (Å²) >= 11 is 0. The summed E-state index contributed by atoms with van der Waals surface area (Å²) in [6.45, 7) is 50.9. The van der Waals surface area contributed by atoms with Gasteiger partial charge in [0.05, 0.1) is 0 Å². The van der Waals surface area contributed by atoms with Gasteiger partial charge in [-0.3, -0.25) is 0 Å². The zero-order valence-electron chi connectivity index (χ0n) is 32.9. The minimum atomic E-state index is 0.0403. The third-order valence-corrected chi connectivity index (χ3v) is 9.01. The van der Waals surface area contributed by atoms with Gasteiger partial charge in [-0.15, -0.1) is 0 Å². The highest BCUT2D eigenvalue weighted by Gasteiger charge is 2.42. The molecule has 0 bridgehead atoms. The first-order valence-electron chi connectivity index (χ1n) is 17.2. The molecular weight excluding hydrogens is 516 g/mol. The summed E-state index contributed by atoms with van der Waals surface area (Å²) in [5, 5.41) is 0. The summed E-state index contributed by atoms with van der Waals surface area (Å²) in [6, 6.07) is 7.34. The normalized spacial score (nSPS) is 14.4. The maximum Gasteiger partial charge on any atom is -0.0126 e. The lowest BCUT2D eigenvalue weighted by Crippen LogP contribution is -2.37. The molecule has 2 aromatic rings. The molecule has 0 radical (unpaired) electrons. The van der Waals surface area contributed by atoms with Gasteiger partial charge in [-0.05, 0) is 107 Å². The highest BCUT2D eigenvalue weighted by molar-refractivity contribution is 5.62. The molecule has 0 aliphatic rings. The van der Waals surface area contributed by atoms with Crippen LogP contribution in [0.4, 0.5) is 0 Å². The van der Waals surface area contributed by atoms with Gasteiger partial charge < -0.3 is 0 Å². The third kappa shape index (κ3) is 8.58. The molecule has 0 aliphatic heterocycles. The summed E-state index contributed by atoms with van der Waals surface area (Å²) in [5.41, 5.74) is 14.6. The first-order chi connectivity index (χ1) is 18.8. The minimum Gasteiger partial charge on any atom is -0.0585 e. The van der Waals surface area contributed by atoms with E-state index in [0.717, 1.165) is 19.3 Å². The molecule has 244 valence electrons. The SMILES string of the molecule is CC(C)(C)c1ccc(CCCc2c(C(C)(C)C)c(C(C)(C)C)c(C(C)(C)C)c(C(C)(C)C)c2C(C)(C)C)c(C(C)(C)C)c1. The lowest BCUT2D eigenvalue weighted by Gasteiger charge is -2.46. The van der Waals surface area contributed by atoms with Gasteiger partial charge in [0.25, 0.3) is 0 Å². The molecule has 0 amide bonds. The van der Waals surface area contributed by atoms with Crippen molar-refractivity contribution in [3.8, 4) is 0 Å².